The van der Waals surface area contributed by atoms with Crippen molar-refractivity contribution in [2.45, 2.75) is 12.5 Å². The van der Waals surface area contributed by atoms with Crippen LogP contribution in [0.15, 0.2) is 77.6 Å². The van der Waals surface area contributed by atoms with E-state index in [0.29, 0.717) is 44.8 Å². The predicted octanol–water partition coefficient (Wildman–Crippen LogP) is 3.41. The van der Waals surface area contributed by atoms with Gasteiger partial charge in [0.05, 0.1) is 27.8 Å². The molecule has 11 heteroatoms. The topological polar surface area (TPSA) is 135 Å². The zero-order valence-corrected chi connectivity index (χ0v) is 25.2. The van der Waals surface area contributed by atoms with Crippen LogP contribution in [0.2, 0.25) is 0 Å². The van der Waals surface area contributed by atoms with E-state index in [9.17, 15) is 24.0 Å². The molecule has 4 aromatic rings. The fourth-order valence-corrected chi connectivity index (χ4v) is 5.53. The van der Waals surface area contributed by atoms with Crippen molar-refractivity contribution in [2.75, 3.05) is 47.5 Å². The van der Waals surface area contributed by atoms with Gasteiger partial charge >= 0.3 is 0 Å². The molecule has 1 fully saturated rings. The standard InChI is InChI=1S/C34H33N3O8/c1-43-28-18-24(19-29(44-2)33(28)45-3)34(42)37-15-13-36(14-16-37)31(32(41)21-7-5-4-6-8-21)27(39)20-26(38)23-9-11-25-22(17-23)10-12-30(40)35-25/h4-12,17-19,31H,13-16,20H2,1-3H3,(H,35,40). The van der Waals surface area contributed by atoms with E-state index in [2.05, 4.69) is 4.98 Å². The first kappa shape index (κ1) is 31.1. The van der Waals surface area contributed by atoms with Gasteiger partial charge in [-0.2, -0.15) is 0 Å². The Balaban J connectivity index is 1.34. The normalized spacial score (nSPS) is 14.1. The maximum Gasteiger partial charge on any atom is 0.254 e. The Morgan fingerprint density at radius 2 is 1.42 bits per heavy atom. The summed E-state index contributed by atoms with van der Waals surface area (Å²) in [6.07, 6.45) is -0.483. The lowest BCUT2D eigenvalue weighted by atomic mass is 9.94. The van der Waals surface area contributed by atoms with Crippen LogP contribution in [-0.2, 0) is 4.79 Å². The highest BCUT2D eigenvalue weighted by atomic mass is 16.5. The molecule has 2 heterocycles. The molecule has 3 aromatic carbocycles. The minimum Gasteiger partial charge on any atom is -0.493 e. The highest BCUT2D eigenvalue weighted by molar-refractivity contribution is 6.20. The Morgan fingerprint density at radius 1 is 0.756 bits per heavy atom. The summed E-state index contributed by atoms with van der Waals surface area (Å²) in [4.78, 5) is 71.9. The molecule has 232 valence electrons. The predicted molar refractivity (Wildman–Crippen MR) is 167 cm³/mol. The van der Waals surface area contributed by atoms with Crippen molar-refractivity contribution in [3.63, 3.8) is 0 Å². The summed E-state index contributed by atoms with van der Waals surface area (Å²) in [7, 11) is 4.42. The molecule has 0 saturated carbocycles. The second kappa shape index (κ2) is 13.6. The summed E-state index contributed by atoms with van der Waals surface area (Å²) in [5, 5.41) is 0.651. The van der Waals surface area contributed by atoms with E-state index in [0.717, 1.165) is 0 Å². The zero-order valence-electron chi connectivity index (χ0n) is 25.2. The first-order chi connectivity index (χ1) is 21.7. The van der Waals surface area contributed by atoms with E-state index >= 15 is 0 Å². The summed E-state index contributed by atoms with van der Waals surface area (Å²) < 4.78 is 16.1. The van der Waals surface area contributed by atoms with Gasteiger partial charge in [-0.1, -0.05) is 30.3 Å². The number of rotatable bonds is 11. The number of amides is 1. The molecular formula is C34H33N3O8. The summed E-state index contributed by atoms with van der Waals surface area (Å²) in [6.45, 7) is 0.974. The van der Waals surface area contributed by atoms with Gasteiger partial charge in [0.15, 0.2) is 28.8 Å². The number of hydrogen-bond donors (Lipinski definition) is 1. The number of carbonyl (C=O) groups excluding carboxylic acids is 4. The first-order valence-electron chi connectivity index (χ1n) is 14.4. The number of methoxy groups -OCH3 is 3. The largest absolute Gasteiger partial charge is 0.493 e. The van der Waals surface area contributed by atoms with Crippen LogP contribution in [0.1, 0.15) is 37.5 Å². The highest BCUT2D eigenvalue weighted by Gasteiger charge is 2.37. The van der Waals surface area contributed by atoms with E-state index < -0.39 is 29.8 Å². The molecule has 0 aliphatic carbocycles. The fraction of sp³-hybridized carbons (Fsp3) is 0.265. The maximum atomic E-state index is 13.7. The van der Waals surface area contributed by atoms with Crippen molar-refractivity contribution in [3.8, 4) is 17.2 Å². The van der Waals surface area contributed by atoms with Crippen molar-refractivity contribution in [2.24, 2.45) is 0 Å². The zero-order chi connectivity index (χ0) is 32.1. The highest BCUT2D eigenvalue weighted by Crippen LogP contribution is 2.38. The average molecular weight is 612 g/mol. The lowest BCUT2D eigenvalue weighted by Gasteiger charge is -2.38. The van der Waals surface area contributed by atoms with Crippen LogP contribution in [0.5, 0.6) is 17.2 Å². The van der Waals surface area contributed by atoms with Crippen LogP contribution in [0, 0.1) is 0 Å². The minimum atomic E-state index is -1.20. The van der Waals surface area contributed by atoms with Crippen LogP contribution in [0.3, 0.4) is 0 Å². The molecule has 5 rings (SSSR count). The van der Waals surface area contributed by atoms with Gasteiger partial charge in [0, 0.05) is 54.5 Å². The van der Waals surface area contributed by atoms with Crippen LogP contribution in [0.25, 0.3) is 10.9 Å². The molecular weight excluding hydrogens is 578 g/mol. The number of nitrogens with one attached hydrogen (secondary N) is 1. The van der Waals surface area contributed by atoms with Crippen LogP contribution in [-0.4, -0.2) is 91.6 Å². The van der Waals surface area contributed by atoms with Crippen molar-refractivity contribution in [1.29, 1.82) is 0 Å². The van der Waals surface area contributed by atoms with Crippen LogP contribution >= 0.6 is 0 Å². The third kappa shape index (κ3) is 6.63. The molecule has 45 heavy (non-hydrogen) atoms. The number of aromatic amines is 1. The van der Waals surface area contributed by atoms with Crippen molar-refractivity contribution < 1.29 is 33.4 Å². The van der Waals surface area contributed by atoms with Gasteiger partial charge in [0.25, 0.3) is 5.91 Å². The van der Waals surface area contributed by atoms with E-state index in [1.807, 2.05) is 0 Å². The third-order valence-corrected chi connectivity index (χ3v) is 7.87. The summed E-state index contributed by atoms with van der Waals surface area (Å²) >= 11 is 0. The molecule has 11 nitrogen and oxygen atoms in total. The number of aromatic nitrogens is 1. The number of carbonyl (C=O) groups is 4. The minimum absolute atomic E-state index is 0.239. The van der Waals surface area contributed by atoms with Gasteiger partial charge in [-0.25, -0.2) is 0 Å². The lowest BCUT2D eigenvalue weighted by molar-refractivity contribution is -0.122. The second-order valence-electron chi connectivity index (χ2n) is 10.6. The molecule has 1 aliphatic rings. The monoisotopic (exact) mass is 611 g/mol. The van der Waals surface area contributed by atoms with E-state index in [1.54, 1.807) is 76.5 Å². The van der Waals surface area contributed by atoms with Crippen molar-refractivity contribution in [3.05, 3.63) is 99.8 Å². The first-order valence-corrected chi connectivity index (χ1v) is 14.4. The Morgan fingerprint density at radius 3 is 2.04 bits per heavy atom. The number of benzene rings is 3. The number of ketones is 3. The molecule has 0 bridgehead atoms. The van der Waals surface area contributed by atoms with Gasteiger partial charge in [-0.05, 0) is 41.8 Å². The van der Waals surface area contributed by atoms with Gasteiger partial charge in [0.2, 0.25) is 11.3 Å². The third-order valence-electron chi connectivity index (χ3n) is 7.87. The number of pyridine rings is 1. The molecule has 1 amide bonds. The summed E-state index contributed by atoms with van der Waals surface area (Å²) in [5.41, 5.74) is 1.31. The van der Waals surface area contributed by atoms with Crippen molar-refractivity contribution >= 4 is 34.2 Å². The quantitative estimate of drug-likeness (QED) is 0.200. The van der Waals surface area contributed by atoms with Crippen LogP contribution < -0.4 is 19.8 Å². The Hall–Kier alpha value is -5.29. The number of nitrogens with zero attached hydrogens (tertiary/aromatic N) is 2. The maximum absolute atomic E-state index is 13.7. The SMILES string of the molecule is COc1cc(C(=O)N2CCN(C(C(=O)CC(=O)c3ccc4[nH]c(=O)ccc4c3)C(=O)c3ccccc3)CC2)cc(OC)c1OC. The molecule has 1 saturated heterocycles. The number of piperazine rings is 1. The van der Waals surface area contributed by atoms with Gasteiger partial charge in [0.1, 0.15) is 6.04 Å². The number of ether oxygens (including phenoxy) is 3. The molecule has 0 spiro atoms. The number of fused-ring (bicyclic) bond motifs is 1. The lowest BCUT2D eigenvalue weighted by Crippen LogP contribution is -2.56. The molecule has 1 aliphatic heterocycles. The number of hydrogen-bond acceptors (Lipinski definition) is 9. The number of Topliss-reactive ketones (excluding diaryl/α,β-unsaturated/α-hetero) is 3. The van der Waals surface area contributed by atoms with Gasteiger partial charge in [-0.15, -0.1) is 0 Å². The summed E-state index contributed by atoms with van der Waals surface area (Å²) in [6, 6.07) is 18.2. The van der Waals surface area contributed by atoms with Gasteiger partial charge < -0.3 is 24.1 Å². The Bertz CT molecular complexity index is 1780. The van der Waals surface area contributed by atoms with Crippen LogP contribution in [0.4, 0.5) is 0 Å². The van der Waals surface area contributed by atoms with E-state index in [4.69, 9.17) is 14.2 Å². The molecule has 1 aromatic heterocycles. The Labute approximate surface area is 259 Å². The van der Waals surface area contributed by atoms with E-state index in [1.165, 1.54) is 27.4 Å². The number of H-pyrrole nitrogens is 1. The fourth-order valence-electron chi connectivity index (χ4n) is 5.53. The smallest absolute Gasteiger partial charge is 0.254 e. The summed E-state index contributed by atoms with van der Waals surface area (Å²) in [5.74, 6) is -0.567. The molecule has 0 radical (unpaired) electrons. The average Bonchev–Trinajstić information content (AvgIpc) is 3.07. The molecule has 1 atom stereocenters. The van der Waals surface area contributed by atoms with Gasteiger partial charge in [-0.3, -0.25) is 28.9 Å². The van der Waals surface area contributed by atoms with Crippen molar-refractivity contribution in [1.82, 2.24) is 14.8 Å². The molecule has 1 N–H and O–H groups in total. The van der Waals surface area contributed by atoms with E-state index in [-0.39, 0.29) is 37.6 Å². The molecule has 1 unspecified atom stereocenters. The Kier molecular flexibility index (Phi) is 9.39. The second-order valence-corrected chi connectivity index (χ2v) is 10.6.